The van der Waals surface area contributed by atoms with Gasteiger partial charge in [-0.15, -0.1) is 0 Å². The predicted molar refractivity (Wildman–Crippen MR) is 118 cm³/mol. The van der Waals surface area contributed by atoms with Crippen LogP contribution in [0, 0.1) is 0 Å². The molecule has 0 N–H and O–H groups in total. The van der Waals surface area contributed by atoms with E-state index in [-0.39, 0.29) is 12.0 Å². The third-order valence-corrected chi connectivity index (χ3v) is 6.70. The van der Waals surface area contributed by atoms with E-state index in [4.69, 9.17) is 9.47 Å². The number of hydrogen-bond donors (Lipinski definition) is 0. The molecule has 2 aromatic rings. The maximum atomic E-state index is 11.7. The molecule has 1 aromatic heterocycles. The number of hydrogen-bond acceptors (Lipinski definition) is 7. The van der Waals surface area contributed by atoms with E-state index >= 15 is 0 Å². The largest absolute Gasteiger partial charge is 0.474 e. The average Bonchev–Trinajstić information content (AvgIpc) is 2.77. The number of nitrogens with zero attached hydrogens (tertiary/aromatic N) is 5. The van der Waals surface area contributed by atoms with Crippen molar-refractivity contribution in [3.8, 4) is 5.88 Å². The summed E-state index contributed by atoms with van der Waals surface area (Å²) in [7, 11) is 0. The molecule has 0 bridgehead atoms. The minimum Gasteiger partial charge on any atom is -0.474 e. The standard InChI is InChI=1S/C23H31N5O3/c1-17(29)28-11-12-30-20(15-28)14-26-7-9-27(10-8-26)18-5-6-22-21(13-18)23(25-16-24-22)31-19-3-2-4-19/h5-6,13,16,19-20H,2-4,7-12,14-15H2,1H3. The summed E-state index contributed by atoms with van der Waals surface area (Å²) >= 11 is 0. The van der Waals surface area contributed by atoms with Gasteiger partial charge in [0.2, 0.25) is 11.8 Å². The molecule has 1 saturated carbocycles. The molecule has 2 saturated heterocycles. The summed E-state index contributed by atoms with van der Waals surface area (Å²) in [5.41, 5.74) is 2.12. The van der Waals surface area contributed by atoms with Gasteiger partial charge in [0.25, 0.3) is 0 Å². The van der Waals surface area contributed by atoms with Crippen molar-refractivity contribution in [3.63, 3.8) is 0 Å². The Hall–Kier alpha value is -2.45. The van der Waals surface area contributed by atoms with Crippen LogP contribution in [0.15, 0.2) is 24.5 Å². The summed E-state index contributed by atoms with van der Waals surface area (Å²) in [5.74, 6) is 0.846. The predicted octanol–water partition coefficient (Wildman–Crippen LogP) is 1.93. The summed E-state index contributed by atoms with van der Waals surface area (Å²) in [6.07, 6.45) is 5.46. The minimum absolute atomic E-state index is 0.105. The lowest BCUT2D eigenvalue weighted by Gasteiger charge is -2.39. The number of amides is 1. The molecule has 3 aliphatic rings. The van der Waals surface area contributed by atoms with E-state index in [9.17, 15) is 4.79 Å². The number of fused-ring (bicyclic) bond motifs is 1. The number of ether oxygens (including phenoxy) is 2. The number of anilines is 1. The first-order valence-corrected chi connectivity index (χ1v) is 11.4. The van der Waals surface area contributed by atoms with Crippen molar-refractivity contribution in [2.45, 2.75) is 38.4 Å². The second kappa shape index (κ2) is 8.96. The van der Waals surface area contributed by atoms with Crippen LogP contribution in [-0.4, -0.2) is 90.3 Å². The second-order valence-electron chi connectivity index (χ2n) is 8.80. The van der Waals surface area contributed by atoms with Crippen molar-refractivity contribution >= 4 is 22.5 Å². The first-order chi connectivity index (χ1) is 15.2. The lowest BCUT2D eigenvalue weighted by atomic mass is 9.96. The molecular formula is C23H31N5O3. The van der Waals surface area contributed by atoms with Crippen molar-refractivity contribution in [2.24, 2.45) is 0 Å². The number of rotatable bonds is 5. The van der Waals surface area contributed by atoms with Gasteiger partial charge in [-0.25, -0.2) is 9.97 Å². The molecule has 2 aliphatic heterocycles. The summed E-state index contributed by atoms with van der Waals surface area (Å²) in [5, 5.41) is 0.995. The number of carbonyl (C=O) groups is 1. The molecule has 8 nitrogen and oxygen atoms in total. The van der Waals surface area contributed by atoms with E-state index in [1.165, 1.54) is 12.1 Å². The molecule has 1 aliphatic carbocycles. The van der Waals surface area contributed by atoms with Crippen LogP contribution in [0.25, 0.3) is 10.9 Å². The van der Waals surface area contributed by atoms with Gasteiger partial charge in [-0.05, 0) is 37.5 Å². The zero-order valence-electron chi connectivity index (χ0n) is 18.2. The summed E-state index contributed by atoms with van der Waals surface area (Å²) in [4.78, 5) is 27.2. The summed E-state index contributed by atoms with van der Waals surface area (Å²) in [6.45, 7) is 8.43. The van der Waals surface area contributed by atoms with Gasteiger partial charge in [-0.3, -0.25) is 9.69 Å². The van der Waals surface area contributed by atoms with E-state index in [1.54, 1.807) is 13.3 Å². The molecule has 3 fully saturated rings. The Kier molecular flexibility index (Phi) is 5.91. The first kappa shape index (κ1) is 20.5. The number of carbonyl (C=O) groups excluding carboxylic acids is 1. The number of aromatic nitrogens is 2. The van der Waals surface area contributed by atoms with Crippen molar-refractivity contribution in [1.82, 2.24) is 19.8 Å². The van der Waals surface area contributed by atoms with Crippen molar-refractivity contribution in [2.75, 3.05) is 57.3 Å². The molecule has 1 unspecified atom stereocenters. The molecule has 31 heavy (non-hydrogen) atoms. The fourth-order valence-corrected chi connectivity index (χ4v) is 4.55. The normalized spacial score (nSPS) is 23.1. The van der Waals surface area contributed by atoms with Crippen molar-refractivity contribution in [1.29, 1.82) is 0 Å². The van der Waals surface area contributed by atoms with Gasteiger partial charge in [-0.2, -0.15) is 0 Å². The van der Waals surface area contributed by atoms with Crippen LogP contribution in [0.1, 0.15) is 26.2 Å². The van der Waals surface area contributed by atoms with E-state index in [1.807, 2.05) is 4.90 Å². The molecule has 0 radical (unpaired) electrons. The Morgan fingerprint density at radius 1 is 1.16 bits per heavy atom. The Morgan fingerprint density at radius 3 is 2.74 bits per heavy atom. The van der Waals surface area contributed by atoms with Crippen LogP contribution in [0.4, 0.5) is 5.69 Å². The third-order valence-electron chi connectivity index (χ3n) is 6.70. The van der Waals surface area contributed by atoms with Crippen LogP contribution < -0.4 is 9.64 Å². The number of benzene rings is 1. The highest BCUT2D eigenvalue weighted by molar-refractivity contribution is 5.86. The highest BCUT2D eigenvalue weighted by atomic mass is 16.5. The zero-order valence-corrected chi connectivity index (χ0v) is 18.2. The molecule has 0 spiro atoms. The van der Waals surface area contributed by atoms with E-state index in [0.29, 0.717) is 31.7 Å². The quantitative estimate of drug-likeness (QED) is 0.725. The van der Waals surface area contributed by atoms with Gasteiger partial charge >= 0.3 is 0 Å². The molecule has 1 amide bonds. The molecule has 1 atom stereocenters. The molecular weight excluding hydrogens is 394 g/mol. The lowest BCUT2D eigenvalue weighted by molar-refractivity contribution is -0.137. The van der Waals surface area contributed by atoms with Gasteiger partial charge in [0.15, 0.2) is 0 Å². The smallest absolute Gasteiger partial charge is 0.224 e. The van der Waals surface area contributed by atoms with Crippen molar-refractivity contribution < 1.29 is 14.3 Å². The Morgan fingerprint density at radius 2 is 2.00 bits per heavy atom. The molecule has 3 heterocycles. The molecule has 1 aromatic carbocycles. The minimum atomic E-state index is 0.105. The van der Waals surface area contributed by atoms with E-state index < -0.39 is 0 Å². The molecule has 5 rings (SSSR count). The first-order valence-electron chi connectivity index (χ1n) is 11.4. The third kappa shape index (κ3) is 4.60. The van der Waals surface area contributed by atoms with Gasteiger partial charge in [-0.1, -0.05) is 0 Å². The van der Waals surface area contributed by atoms with E-state index in [2.05, 4.69) is 38.0 Å². The Bertz CT molecular complexity index is 927. The Balaban J connectivity index is 1.21. The lowest BCUT2D eigenvalue weighted by Crippen LogP contribution is -2.53. The fraction of sp³-hybridized carbons (Fsp3) is 0.609. The molecule has 166 valence electrons. The SMILES string of the molecule is CC(=O)N1CCOC(CN2CCN(c3ccc4ncnc(OC5CCC5)c4c3)CC2)C1. The van der Waals surface area contributed by atoms with Crippen LogP contribution >= 0.6 is 0 Å². The van der Waals surface area contributed by atoms with Gasteiger partial charge in [0.1, 0.15) is 12.4 Å². The average molecular weight is 426 g/mol. The highest BCUT2D eigenvalue weighted by Gasteiger charge is 2.26. The van der Waals surface area contributed by atoms with Crippen LogP contribution in [-0.2, 0) is 9.53 Å². The maximum absolute atomic E-state index is 11.7. The zero-order chi connectivity index (χ0) is 21.2. The number of morpholine rings is 1. The summed E-state index contributed by atoms with van der Waals surface area (Å²) in [6, 6.07) is 6.39. The second-order valence-corrected chi connectivity index (χ2v) is 8.80. The monoisotopic (exact) mass is 425 g/mol. The highest BCUT2D eigenvalue weighted by Crippen LogP contribution is 2.31. The maximum Gasteiger partial charge on any atom is 0.224 e. The Labute approximate surface area is 183 Å². The van der Waals surface area contributed by atoms with Crippen LogP contribution in [0.5, 0.6) is 5.88 Å². The van der Waals surface area contributed by atoms with Gasteiger partial charge in [0.05, 0.1) is 23.6 Å². The fourth-order valence-electron chi connectivity index (χ4n) is 4.55. The van der Waals surface area contributed by atoms with Crippen LogP contribution in [0.3, 0.4) is 0 Å². The van der Waals surface area contributed by atoms with Crippen LogP contribution in [0.2, 0.25) is 0 Å². The van der Waals surface area contributed by atoms with Gasteiger partial charge < -0.3 is 19.3 Å². The molecule has 8 heteroatoms. The van der Waals surface area contributed by atoms with Gasteiger partial charge in [0, 0.05) is 58.4 Å². The topological polar surface area (TPSA) is 71.0 Å². The van der Waals surface area contributed by atoms with E-state index in [0.717, 1.165) is 56.5 Å². The summed E-state index contributed by atoms with van der Waals surface area (Å²) < 4.78 is 12.0. The van der Waals surface area contributed by atoms with Crippen molar-refractivity contribution in [3.05, 3.63) is 24.5 Å². The number of piperazine rings is 1.